The molecule has 1 aliphatic rings. The van der Waals surface area contributed by atoms with Crippen molar-refractivity contribution < 1.29 is 14.7 Å². The molecule has 2 aromatic rings. The van der Waals surface area contributed by atoms with Gasteiger partial charge in [0.1, 0.15) is 5.75 Å². The van der Waals surface area contributed by atoms with Crippen LogP contribution in [0.3, 0.4) is 0 Å². The number of likely N-dealkylation sites (tertiary alicyclic amines) is 1. The van der Waals surface area contributed by atoms with E-state index in [-0.39, 0.29) is 29.2 Å². The average molecular weight is 324 g/mol. The number of carbonyl (C=O) groups excluding carboxylic acids is 2. The number of amides is 2. The molecule has 1 fully saturated rings. The fourth-order valence-corrected chi connectivity index (χ4v) is 2.92. The third-order valence-corrected chi connectivity index (χ3v) is 4.29. The Balaban J connectivity index is 1.55. The van der Waals surface area contributed by atoms with Crippen molar-refractivity contribution in [1.29, 1.82) is 0 Å². The Morgan fingerprint density at radius 3 is 2.25 bits per heavy atom. The molecular weight excluding hydrogens is 304 g/mol. The van der Waals surface area contributed by atoms with E-state index < -0.39 is 0 Å². The molecule has 24 heavy (non-hydrogen) atoms. The first-order valence-electron chi connectivity index (χ1n) is 8.08. The van der Waals surface area contributed by atoms with Crippen LogP contribution in [0.15, 0.2) is 54.6 Å². The van der Waals surface area contributed by atoms with Gasteiger partial charge >= 0.3 is 0 Å². The molecule has 2 aromatic carbocycles. The number of nitrogens with one attached hydrogen (secondary N) is 1. The van der Waals surface area contributed by atoms with Gasteiger partial charge in [0.2, 0.25) is 0 Å². The summed E-state index contributed by atoms with van der Waals surface area (Å²) in [5, 5.41) is 12.7. The average Bonchev–Trinajstić information content (AvgIpc) is 2.63. The van der Waals surface area contributed by atoms with E-state index in [1.807, 2.05) is 35.2 Å². The first-order valence-corrected chi connectivity index (χ1v) is 8.08. The number of para-hydroxylation sites is 1. The molecule has 3 rings (SSSR count). The molecule has 124 valence electrons. The van der Waals surface area contributed by atoms with Crippen molar-refractivity contribution in [3.63, 3.8) is 0 Å². The summed E-state index contributed by atoms with van der Waals surface area (Å²) in [5.74, 6) is -0.270. The van der Waals surface area contributed by atoms with E-state index in [9.17, 15) is 14.7 Å². The quantitative estimate of drug-likeness (QED) is 0.911. The topological polar surface area (TPSA) is 69.6 Å². The molecule has 5 nitrogen and oxygen atoms in total. The van der Waals surface area contributed by atoms with Gasteiger partial charge in [0, 0.05) is 24.7 Å². The van der Waals surface area contributed by atoms with Gasteiger partial charge in [-0.25, -0.2) is 0 Å². The molecule has 0 spiro atoms. The van der Waals surface area contributed by atoms with Crippen LogP contribution in [0.2, 0.25) is 0 Å². The van der Waals surface area contributed by atoms with Crippen molar-refractivity contribution in [1.82, 2.24) is 10.2 Å². The third kappa shape index (κ3) is 3.56. The zero-order chi connectivity index (χ0) is 16.9. The second-order valence-electron chi connectivity index (χ2n) is 5.92. The number of phenolic OH excluding ortho intramolecular Hbond substituents is 1. The molecule has 1 saturated heterocycles. The highest BCUT2D eigenvalue weighted by Crippen LogP contribution is 2.18. The monoisotopic (exact) mass is 324 g/mol. The van der Waals surface area contributed by atoms with Gasteiger partial charge in [-0.05, 0) is 37.1 Å². The Morgan fingerprint density at radius 2 is 1.58 bits per heavy atom. The first-order chi connectivity index (χ1) is 11.6. The molecule has 2 amide bonds. The number of piperidine rings is 1. The van der Waals surface area contributed by atoms with Crippen LogP contribution in [-0.2, 0) is 0 Å². The second-order valence-corrected chi connectivity index (χ2v) is 5.92. The molecule has 0 atom stereocenters. The number of carbonyl (C=O) groups is 2. The van der Waals surface area contributed by atoms with E-state index in [0.717, 1.165) is 0 Å². The van der Waals surface area contributed by atoms with Crippen molar-refractivity contribution in [2.45, 2.75) is 18.9 Å². The predicted octanol–water partition coefficient (Wildman–Crippen LogP) is 2.43. The van der Waals surface area contributed by atoms with Gasteiger partial charge in [-0.3, -0.25) is 9.59 Å². The predicted molar refractivity (Wildman–Crippen MR) is 90.9 cm³/mol. The number of nitrogens with zero attached hydrogens (tertiary/aromatic N) is 1. The maximum atomic E-state index is 12.4. The molecule has 0 radical (unpaired) electrons. The summed E-state index contributed by atoms with van der Waals surface area (Å²) in [7, 11) is 0. The summed E-state index contributed by atoms with van der Waals surface area (Å²) in [6.45, 7) is 1.22. The lowest BCUT2D eigenvalue weighted by Gasteiger charge is -2.32. The van der Waals surface area contributed by atoms with Crippen LogP contribution in [0.1, 0.15) is 33.6 Å². The Hall–Kier alpha value is -2.82. The van der Waals surface area contributed by atoms with Crippen molar-refractivity contribution in [2.24, 2.45) is 0 Å². The van der Waals surface area contributed by atoms with E-state index in [2.05, 4.69) is 5.32 Å². The Labute approximate surface area is 140 Å². The molecular formula is C19H20N2O3. The lowest BCUT2D eigenvalue weighted by Crippen LogP contribution is -2.46. The normalized spacial score (nSPS) is 15.1. The smallest absolute Gasteiger partial charge is 0.255 e. The minimum atomic E-state index is -0.277. The van der Waals surface area contributed by atoms with E-state index in [1.165, 1.54) is 6.07 Å². The van der Waals surface area contributed by atoms with Gasteiger partial charge in [0.25, 0.3) is 11.8 Å². The van der Waals surface area contributed by atoms with Crippen LogP contribution in [0, 0.1) is 0 Å². The van der Waals surface area contributed by atoms with Crippen molar-refractivity contribution >= 4 is 11.8 Å². The van der Waals surface area contributed by atoms with E-state index >= 15 is 0 Å². The van der Waals surface area contributed by atoms with Crippen LogP contribution < -0.4 is 5.32 Å². The summed E-state index contributed by atoms with van der Waals surface area (Å²) < 4.78 is 0. The highest BCUT2D eigenvalue weighted by molar-refractivity contribution is 5.97. The molecule has 0 aliphatic carbocycles. The van der Waals surface area contributed by atoms with Crippen LogP contribution in [0.4, 0.5) is 0 Å². The van der Waals surface area contributed by atoms with Crippen molar-refractivity contribution in [2.75, 3.05) is 13.1 Å². The SMILES string of the molecule is O=C(NC1CCN(C(=O)c2ccccc2)CC1)c1ccccc1O. The van der Waals surface area contributed by atoms with E-state index in [0.29, 0.717) is 31.5 Å². The highest BCUT2D eigenvalue weighted by Gasteiger charge is 2.25. The zero-order valence-electron chi connectivity index (χ0n) is 13.3. The molecule has 5 heteroatoms. The van der Waals surface area contributed by atoms with Gasteiger partial charge in [-0.2, -0.15) is 0 Å². The van der Waals surface area contributed by atoms with Crippen LogP contribution in [-0.4, -0.2) is 41.0 Å². The second kappa shape index (κ2) is 7.17. The van der Waals surface area contributed by atoms with Gasteiger partial charge in [0.15, 0.2) is 0 Å². The number of phenols is 1. The third-order valence-electron chi connectivity index (χ3n) is 4.29. The zero-order valence-corrected chi connectivity index (χ0v) is 13.3. The fourth-order valence-electron chi connectivity index (χ4n) is 2.92. The van der Waals surface area contributed by atoms with E-state index in [1.54, 1.807) is 18.2 Å². The maximum absolute atomic E-state index is 12.4. The molecule has 0 unspecified atom stereocenters. The fraction of sp³-hybridized carbons (Fsp3) is 0.263. The molecule has 0 saturated carbocycles. The van der Waals surface area contributed by atoms with Crippen LogP contribution >= 0.6 is 0 Å². The number of hydrogen-bond donors (Lipinski definition) is 2. The summed E-state index contributed by atoms with van der Waals surface area (Å²) in [6, 6.07) is 15.7. The van der Waals surface area contributed by atoms with Crippen molar-refractivity contribution in [3.8, 4) is 5.75 Å². The standard InChI is InChI=1S/C19H20N2O3/c22-17-9-5-4-8-16(17)18(23)20-15-10-12-21(13-11-15)19(24)14-6-2-1-3-7-14/h1-9,15,22H,10-13H2,(H,20,23). The number of hydrogen-bond acceptors (Lipinski definition) is 3. The molecule has 1 aliphatic heterocycles. The molecule has 2 N–H and O–H groups in total. The van der Waals surface area contributed by atoms with Crippen molar-refractivity contribution in [3.05, 3.63) is 65.7 Å². The summed E-state index contributed by atoms with van der Waals surface area (Å²) in [5.41, 5.74) is 0.967. The Morgan fingerprint density at radius 1 is 0.958 bits per heavy atom. The lowest BCUT2D eigenvalue weighted by atomic mass is 10.0. The maximum Gasteiger partial charge on any atom is 0.255 e. The van der Waals surface area contributed by atoms with Gasteiger partial charge in [-0.15, -0.1) is 0 Å². The van der Waals surface area contributed by atoms with Gasteiger partial charge in [0.05, 0.1) is 5.56 Å². The highest BCUT2D eigenvalue weighted by atomic mass is 16.3. The van der Waals surface area contributed by atoms with Crippen LogP contribution in [0.5, 0.6) is 5.75 Å². The largest absolute Gasteiger partial charge is 0.507 e. The van der Waals surface area contributed by atoms with E-state index in [4.69, 9.17) is 0 Å². The Bertz CT molecular complexity index is 722. The minimum Gasteiger partial charge on any atom is -0.507 e. The Kier molecular flexibility index (Phi) is 4.79. The molecule has 0 aromatic heterocycles. The minimum absolute atomic E-state index is 0.0110. The first kappa shape index (κ1) is 16.1. The summed E-state index contributed by atoms with van der Waals surface area (Å²) >= 11 is 0. The summed E-state index contributed by atoms with van der Waals surface area (Å²) in [4.78, 5) is 26.4. The van der Waals surface area contributed by atoms with Gasteiger partial charge in [-0.1, -0.05) is 30.3 Å². The number of aromatic hydroxyl groups is 1. The lowest BCUT2D eigenvalue weighted by molar-refractivity contribution is 0.0698. The summed E-state index contributed by atoms with van der Waals surface area (Å²) in [6.07, 6.45) is 1.41. The van der Waals surface area contributed by atoms with Crippen LogP contribution in [0.25, 0.3) is 0 Å². The van der Waals surface area contributed by atoms with Gasteiger partial charge < -0.3 is 15.3 Å². The number of rotatable bonds is 3. The number of benzene rings is 2. The molecule has 1 heterocycles. The molecule has 0 bridgehead atoms.